The third kappa shape index (κ3) is 1.35. The highest BCUT2D eigenvalue weighted by Crippen LogP contribution is 2.15. The van der Waals surface area contributed by atoms with Crippen LogP contribution in [0.5, 0.6) is 0 Å². The molecular formula is C9H13N3O2. The van der Waals surface area contributed by atoms with Gasteiger partial charge in [0.15, 0.2) is 0 Å². The fourth-order valence-corrected chi connectivity index (χ4v) is 1.59. The zero-order valence-electron chi connectivity index (χ0n) is 7.97. The van der Waals surface area contributed by atoms with Crippen LogP contribution in [0.1, 0.15) is 10.5 Å². The molecule has 3 N–H and O–H groups in total. The minimum atomic E-state index is -0.364. The summed E-state index contributed by atoms with van der Waals surface area (Å²) in [6, 6.07) is 1.65. The van der Waals surface area contributed by atoms with E-state index in [0.717, 1.165) is 0 Å². The lowest BCUT2D eigenvalue weighted by Crippen LogP contribution is -2.53. The number of nitrogens with zero attached hydrogens (tertiary/aromatic N) is 2. The molecule has 1 aliphatic rings. The average molecular weight is 195 g/mol. The number of nitrogens with two attached hydrogens (primary N) is 1. The van der Waals surface area contributed by atoms with Crippen molar-refractivity contribution in [2.45, 2.75) is 6.10 Å². The second kappa shape index (κ2) is 3.02. The molecule has 5 heteroatoms. The summed E-state index contributed by atoms with van der Waals surface area (Å²) in [7, 11) is 1.78. The Morgan fingerprint density at radius 2 is 2.29 bits per heavy atom. The number of β-amino-alcohol motifs (C(OH)–C–C–N with tert-alkyl or cyclic N) is 1. The van der Waals surface area contributed by atoms with Gasteiger partial charge in [0.1, 0.15) is 5.69 Å². The summed E-state index contributed by atoms with van der Waals surface area (Å²) in [4.78, 5) is 13.3. The summed E-state index contributed by atoms with van der Waals surface area (Å²) in [5.41, 5.74) is 6.71. The van der Waals surface area contributed by atoms with Crippen molar-refractivity contribution in [2.75, 3.05) is 18.8 Å². The van der Waals surface area contributed by atoms with Gasteiger partial charge in [0, 0.05) is 26.3 Å². The number of carbonyl (C=O) groups excluding carboxylic acids is 1. The molecule has 2 heterocycles. The van der Waals surface area contributed by atoms with Crippen molar-refractivity contribution in [3.8, 4) is 0 Å². The van der Waals surface area contributed by atoms with Crippen LogP contribution in [0.15, 0.2) is 12.3 Å². The molecule has 1 saturated heterocycles. The molecule has 0 bridgehead atoms. The van der Waals surface area contributed by atoms with E-state index < -0.39 is 0 Å². The molecule has 1 fully saturated rings. The van der Waals surface area contributed by atoms with Crippen LogP contribution in [0.2, 0.25) is 0 Å². The summed E-state index contributed by atoms with van der Waals surface area (Å²) in [6.45, 7) is 0.841. The van der Waals surface area contributed by atoms with Gasteiger partial charge in [-0.2, -0.15) is 0 Å². The largest absolute Gasteiger partial charge is 0.397 e. The lowest BCUT2D eigenvalue weighted by Gasteiger charge is -2.35. The summed E-state index contributed by atoms with van der Waals surface area (Å²) < 4.78 is 1.70. The Morgan fingerprint density at radius 3 is 2.71 bits per heavy atom. The Hall–Kier alpha value is -1.49. The van der Waals surface area contributed by atoms with Gasteiger partial charge in [-0.05, 0) is 6.07 Å². The number of likely N-dealkylation sites (tertiary alicyclic amines) is 1. The van der Waals surface area contributed by atoms with Gasteiger partial charge >= 0.3 is 0 Å². The van der Waals surface area contributed by atoms with E-state index in [1.807, 2.05) is 0 Å². The zero-order chi connectivity index (χ0) is 10.3. The highest BCUT2D eigenvalue weighted by molar-refractivity contribution is 5.94. The Balaban J connectivity index is 2.15. The van der Waals surface area contributed by atoms with E-state index in [9.17, 15) is 4.79 Å². The number of hydrogen-bond donors (Lipinski definition) is 2. The number of aryl methyl sites for hydroxylation is 1. The third-order valence-electron chi connectivity index (χ3n) is 2.39. The fraction of sp³-hybridized carbons (Fsp3) is 0.444. The molecule has 1 amide bonds. The topological polar surface area (TPSA) is 71.5 Å². The van der Waals surface area contributed by atoms with Crippen molar-refractivity contribution in [1.82, 2.24) is 9.47 Å². The van der Waals surface area contributed by atoms with Crippen LogP contribution < -0.4 is 5.73 Å². The summed E-state index contributed by atoms with van der Waals surface area (Å²) in [5, 5.41) is 9.06. The predicted molar refractivity (Wildman–Crippen MR) is 51.7 cm³/mol. The molecule has 0 aromatic carbocycles. The van der Waals surface area contributed by atoms with Crippen molar-refractivity contribution in [1.29, 1.82) is 0 Å². The first-order valence-electron chi connectivity index (χ1n) is 4.47. The van der Waals surface area contributed by atoms with Gasteiger partial charge in [0.25, 0.3) is 5.91 Å². The van der Waals surface area contributed by atoms with E-state index in [1.54, 1.807) is 28.8 Å². The van der Waals surface area contributed by atoms with Gasteiger partial charge in [-0.15, -0.1) is 0 Å². The van der Waals surface area contributed by atoms with Crippen molar-refractivity contribution in [3.05, 3.63) is 18.0 Å². The molecule has 0 atom stereocenters. The lowest BCUT2D eigenvalue weighted by molar-refractivity contribution is 0.00527. The number of aromatic nitrogens is 1. The third-order valence-corrected chi connectivity index (χ3v) is 2.39. The van der Waals surface area contributed by atoms with Crippen molar-refractivity contribution in [2.24, 2.45) is 7.05 Å². The van der Waals surface area contributed by atoms with Gasteiger partial charge in [0.2, 0.25) is 0 Å². The number of carbonyl (C=O) groups is 1. The second-order valence-corrected chi connectivity index (χ2v) is 3.63. The molecular weight excluding hydrogens is 182 g/mol. The first-order chi connectivity index (χ1) is 6.58. The molecule has 0 saturated carbocycles. The Bertz CT molecular complexity index is 366. The number of amides is 1. The Morgan fingerprint density at radius 1 is 1.64 bits per heavy atom. The maximum absolute atomic E-state index is 11.7. The molecule has 1 aromatic heterocycles. The second-order valence-electron chi connectivity index (χ2n) is 3.63. The molecule has 14 heavy (non-hydrogen) atoms. The minimum Gasteiger partial charge on any atom is -0.397 e. The SMILES string of the molecule is Cn1cc(N)cc1C(=O)N1CC(O)C1. The number of aliphatic hydroxyl groups excluding tert-OH is 1. The predicted octanol–water partition coefficient (Wildman–Crippen LogP) is -0.576. The van der Waals surface area contributed by atoms with Gasteiger partial charge in [-0.3, -0.25) is 4.79 Å². The highest BCUT2D eigenvalue weighted by atomic mass is 16.3. The zero-order valence-corrected chi connectivity index (χ0v) is 7.97. The van der Waals surface area contributed by atoms with E-state index in [4.69, 9.17) is 10.8 Å². The quantitative estimate of drug-likeness (QED) is 0.630. The van der Waals surface area contributed by atoms with Crippen LogP contribution in [-0.2, 0) is 7.05 Å². The van der Waals surface area contributed by atoms with Gasteiger partial charge in [-0.25, -0.2) is 0 Å². The van der Waals surface area contributed by atoms with Gasteiger partial charge in [0.05, 0.1) is 11.8 Å². The molecule has 1 aliphatic heterocycles. The Kier molecular flexibility index (Phi) is 1.96. The molecule has 0 unspecified atom stereocenters. The maximum atomic E-state index is 11.7. The first-order valence-corrected chi connectivity index (χ1v) is 4.47. The lowest BCUT2D eigenvalue weighted by atomic mass is 10.1. The van der Waals surface area contributed by atoms with E-state index in [1.165, 1.54) is 0 Å². The van der Waals surface area contributed by atoms with Gasteiger partial charge < -0.3 is 20.3 Å². The summed E-state index contributed by atoms with van der Waals surface area (Å²) in [5.74, 6) is -0.0745. The summed E-state index contributed by atoms with van der Waals surface area (Å²) >= 11 is 0. The molecule has 2 rings (SSSR count). The van der Waals surface area contributed by atoms with Crippen LogP contribution in [0.25, 0.3) is 0 Å². The standard InChI is InChI=1S/C9H13N3O2/c1-11-3-6(10)2-8(11)9(14)12-4-7(13)5-12/h2-3,7,13H,4-5,10H2,1H3. The fourth-order valence-electron chi connectivity index (χ4n) is 1.59. The highest BCUT2D eigenvalue weighted by Gasteiger charge is 2.30. The molecule has 1 aromatic rings. The first kappa shape index (κ1) is 9.08. The van der Waals surface area contributed by atoms with E-state index in [-0.39, 0.29) is 12.0 Å². The van der Waals surface area contributed by atoms with Crippen molar-refractivity contribution >= 4 is 11.6 Å². The number of hydrogen-bond acceptors (Lipinski definition) is 3. The molecule has 0 radical (unpaired) electrons. The molecule has 0 spiro atoms. The number of nitrogen functional groups attached to an aromatic ring is 1. The maximum Gasteiger partial charge on any atom is 0.270 e. The number of rotatable bonds is 1. The smallest absolute Gasteiger partial charge is 0.270 e. The van der Waals surface area contributed by atoms with Gasteiger partial charge in [-0.1, -0.05) is 0 Å². The minimum absolute atomic E-state index is 0.0745. The van der Waals surface area contributed by atoms with Crippen LogP contribution in [0, 0.1) is 0 Å². The van der Waals surface area contributed by atoms with Crippen molar-refractivity contribution < 1.29 is 9.90 Å². The van der Waals surface area contributed by atoms with Crippen LogP contribution in [0.3, 0.4) is 0 Å². The molecule has 5 nitrogen and oxygen atoms in total. The number of aliphatic hydroxyl groups is 1. The van der Waals surface area contributed by atoms with E-state index >= 15 is 0 Å². The van der Waals surface area contributed by atoms with E-state index in [2.05, 4.69) is 0 Å². The van der Waals surface area contributed by atoms with Crippen LogP contribution >= 0.6 is 0 Å². The van der Waals surface area contributed by atoms with E-state index in [0.29, 0.717) is 24.5 Å². The Labute approximate surface area is 81.7 Å². The summed E-state index contributed by atoms with van der Waals surface area (Å²) in [6.07, 6.45) is 1.33. The van der Waals surface area contributed by atoms with Crippen LogP contribution in [-0.4, -0.2) is 39.7 Å². The van der Waals surface area contributed by atoms with Crippen LogP contribution in [0.4, 0.5) is 5.69 Å². The normalized spacial score (nSPS) is 16.9. The molecule has 0 aliphatic carbocycles. The molecule has 76 valence electrons. The monoisotopic (exact) mass is 195 g/mol. The average Bonchev–Trinajstić information content (AvgIpc) is 2.39. The number of anilines is 1. The van der Waals surface area contributed by atoms with Crippen molar-refractivity contribution in [3.63, 3.8) is 0 Å².